The fourth-order valence-electron chi connectivity index (χ4n) is 3.61. The Morgan fingerprint density at radius 2 is 2.14 bits per heavy atom. The fourth-order valence-corrected chi connectivity index (χ4v) is 3.61. The Morgan fingerprint density at radius 1 is 1.41 bits per heavy atom. The predicted molar refractivity (Wildman–Crippen MR) is 79.2 cm³/mol. The van der Waals surface area contributed by atoms with E-state index in [0.717, 1.165) is 12.8 Å². The van der Waals surface area contributed by atoms with Gasteiger partial charge in [0.15, 0.2) is 0 Å². The number of hydrogen-bond acceptors (Lipinski definition) is 4. The Bertz CT molecular complexity index is 549. The van der Waals surface area contributed by atoms with Gasteiger partial charge < -0.3 is 14.5 Å². The standard InChI is InChI=1S/C15H22N4O3/c1-18(2)13(20)11-9-19(14(21)12-3-6-16-17-12)10-15(11)4-7-22-8-5-15/h3,6,11H,4-5,7-10H2,1-2H3,(H,16,17). The van der Waals surface area contributed by atoms with E-state index in [1.807, 2.05) is 0 Å². The van der Waals surface area contributed by atoms with Crippen molar-refractivity contribution in [3.05, 3.63) is 18.0 Å². The quantitative estimate of drug-likeness (QED) is 0.856. The average molecular weight is 306 g/mol. The first-order chi connectivity index (χ1) is 10.5. The van der Waals surface area contributed by atoms with Crippen molar-refractivity contribution in [2.45, 2.75) is 12.8 Å². The number of hydrogen-bond donors (Lipinski definition) is 1. The lowest BCUT2D eigenvalue weighted by molar-refractivity contribution is -0.138. The van der Waals surface area contributed by atoms with Gasteiger partial charge in [-0.25, -0.2) is 0 Å². The number of carbonyl (C=O) groups excluding carboxylic acids is 2. The van der Waals surface area contributed by atoms with E-state index in [1.54, 1.807) is 36.2 Å². The van der Waals surface area contributed by atoms with Gasteiger partial charge in [0, 0.05) is 52.0 Å². The molecule has 7 nitrogen and oxygen atoms in total. The third kappa shape index (κ3) is 2.49. The summed E-state index contributed by atoms with van der Waals surface area (Å²) in [4.78, 5) is 28.6. The number of likely N-dealkylation sites (tertiary alicyclic amines) is 1. The third-order valence-corrected chi connectivity index (χ3v) is 4.89. The summed E-state index contributed by atoms with van der Waals surface area (Å²) in [7, 11) is 3.55. The predicted octanol–water partition coefficient (Wildman–Crippen LogP) is 0.367. The van der Waals surface area contributed by atoms with E-state index in [2.05, 4.69) is 10.2 Å². The zero-order valence-corrected chi connectivity index (χ0v) is 13.0. The number of aromatic amines is 1. The second kappa shape index (κ2) is 5.72. The van der Waals surface area contributed by atoms with E-state index < -0.39 is 0 Å². The average Bonchev–Trinajstić information content (AvgIpc) is 3.15. The van der Waals surface area contributed by atoms with Crippen molar-refractivity contribution in [2.24, 2.45) is 11.3 Å². The van der Waals surface area contributed by atoms with Crippen molar-refractivity contribution in [3.63, 3.8) is 0 Å². The van der Waals surface area contributed by atoms with Crippen LogP contribution >= 0.6 is 0 Å². The summed E-state index contributed by atoms with van der Waals surface area (Å²) in [5.41, 5.74) is 0.315. The topological polar surface area (TPSA) is 78.5 Å². The first-order valence-corrected chi connectivity index (χ1v) is 7.61. The van der Waals surface area contributed by atoms with E-state index >= 15 is 0 Å². The number of amides is 2. The minimum absolute atomic E-state index is 0.0857. The normalized spacial score (nSPS) is 23.7. The monoisotopic (exact) mass is 306 g/mol. The van der Waals surface area contributed by atoms with Crippen LogP contribution in [0.25, 0.3) is 0 Å². The second-order valence-corrected chi connectivity index (χ2v) is 6.42. The Labute approximate surface area is 129 Å². The number of nitrogens with zero attached hydrogens (tertiary/aromatic N) is 3. The van der Waals surface area contributed by atoms with Crippen LogP contribution in [0, 0.1) is 11.3 Å². The van der Waals surface area contributed by atoms with Crippen molar-refractivity contribution >= 4 is 11.8 Å². The SMILES string of the molecule is CN(C)C(=O)C1CN(C(=O)c2ccn[nH]2)CC12CCOCC2. The molecule has 0 bridgehead atoms. The summed E-state index contributed by atoms with van der Waals surface area (Å²) in [5.74, 6) is -0.141. The highest BCUT2D eigenvalue weighted by Gasteiger charge is 2.52. The Hall–Kier alpha value is -1.89. The largest absolute Gasteiger partial charge is 0.381 e. The fraction of sp³-hybridized carbons (Fsp3) is 0.667. The van der Waals surface area contributed by atoms with Gasteiger partial charge >= 0.3 is 0 Å². The number of rotatable bonds is 2. The molecular formula is C15H22N4O3. The molecule has 2 aliphatic heterocycles. The molecular weight excluding hydrogens is 284 g/mol. The maximum absolute atomic E-state index is 12.6. The van der Waals surface area contributed by atoms with Crippen LogP contribution < -0.4 is 0 Å². The summed E-state index contributed by atoms with van der Waals surface area (Å²) in [6.07, 6.45) is 3.21. The van der Waals surface area contributed by atoms with Crippen molar-refractivity contribution < 1.29 is 14.3 Å². The molecule has 0 saturated carbocycles. The van der Waals surface area contributed by atoms with Gasteiger partial charge in [0.05, 0.1) is 5.92 Å². The minimum atomic E-state index is -0.157. The molecule has 22 heavy (non-hydrogen) atoms. The molecule has 1 aromatic rings. The lowest BCUT2D eigenvalue weighted by Gasteiger charge is -2.37. The van der Waals surface area contributed by atoms with Crippen molar-refractivity contribution in [1.29, 1.82) is 0 Å². The minimum Gasteiger partial charge on any atom is -0.381 e. The number of ether oxygens (including phenoxy) is 1. The molecule has 3 rings (SSSR count). The van der Waals surface area contributed by atoms with Gasteiger partial charge in [-0.15, -0.1) is 0 Å². The van der Waals surface area contributed by atoms with E-state index in [-0.39, 0.29) is 23.1 Å². The molecule has 2 saturated heterocycles. The molecule has 120 valence electrons. The van der Waals surface area contributed by atoms with E-state index in [1.165, 1.54) is 0 Å². The van der Waals surface area contributed by atoms with Crippen LogP contribution in [0.4, 0.5) is 0 Å². The summed E-state index contributed by atoms with van der Waals surface area (Å²) < 4.78 is 5.47. The van der Waals surface area contributed by atoms with Crippen molar-refractivity contribution in [3.8, 4) is 0 Å². The van der Waals surface area contributed by atoms with E-state index in [0.29, 0.717) is 32.0 Å². The van der Waals surface area contributed by atoms with Gasteiger partial charge in [0.2, 0.25) is 5.91 Å². The highest BCUT2D eigenvalue weighted by Crippen LogP contribution is 2.45. The van der Waals surface area contributed by atoms with Crippen LogP contribution in [-0.4, -0.2) is 72.2 Å². The van der Waals surface area contributed by atoms with Crippen molar-refractivity contribution in [1.82, 2.24) is 20.0 Å². The van der Waals surface area contributed by atoms with Crippen LogP contribution in [-0.2, 0) is 9.53 Å². The molecule has 2 aliphatic rings. The molecule has 2 fully saturated rings. The van der Waals surface area contributed by atoms with Crippen molar-refractivity contribution in [2.75, 3.05) is 40.4 Å². The highest BCUT2D eigenvalue weighted by molar-refractivity contribution is 5.93. The van der Waals surface area contributed by atoms with Crippen LogP contribution in [0.15, 0.2) is 12.3 Å². The van der Waals surface area contributed by atoms with Gasteiger partial charge in [0.25, 0.3) is 5.91 Å². The summed E-state index contributed by atoms with van der Waals surface area (Å²) >= 11 is 0. The molecule has 1 N–H and O–H groups in total. The maximum Gasteiger partial charge on any atom is 0.271 e. The third-order valence-electron chi connectivity index (χ3n) is 4.89. The Morgan fingerprint density at radius 3 is 2.73 bits per heavy atom. The number of carbonyl (C=O) groups is 2. The van der Waals surface area contributed by atoms with Gasteiger partial charge in [-0.1, -0.05) is 0 Å². The van der Waals surface area contributed by atoms with Gasteiger partial charge in [0.1, 0.15) is 5.69 Å². The maximum atomic E-state index is 12.6. The molecule has 3 heterocycles. The Balaban J connectivity index is 1.85. The summed E-state index contributed by atoms with van der Waals surface area (Å²) in [6, 6.07) is 1.67. The molecule has 1 unspecified atom stereocenters. The summed E-state index contributed by atoms with van der Waals surface area (Å²) in [5, 5.41) is 6.54. The number of aromatic nitrogens is 2. The highest BCUT2D eigenvalue weighted by atomic mass is 16.5. The molecule has 0 aromatic carbocycles. The number of H-pyrrole nitrogens is 1. The lowest BCUT2D eigenvalue weighted by atomic mass is 9.71. The first kappa shape index (κ1) is 15.0. The number of nitrogens with one attached hydrogen (secondary N) is 1. The van der Waals surface area contributed by atoms with Crippen LogP contribution in [0.5, 0.6) is 0 Å². The molecule has 2 amide bonds. The lowest BCUT2D eigenvalue weighted by Crippen LogP contribution is -2.44. The zero-order chi connectivity index (χ0) is 15.7. The summed E-state index contributed by atoms with van der Waals surface area (Å²) in [6.45, 7) is 2.39. The zero-order valence-electron chi connectivity index (χ0n) is 13.0. The van der Waals surface area contributed by atoms with Crippen LogP contribution in [0.2, 0.25) is 0 Å². The van der Waals surface area contributed by atoms with Gasteiger partial charge in [-0.05, 0) is 18.9 Å². The molecule has 7 heteroatoms. The molecule has 0 radical (unpaired) electrons. The van der Waals surface area contributed by atoms with Crippen LogP contribution in [0.3, 0.4) is 0 Å². The molecule has 1 atom stereocenters. The van der Waals surface area contributed by atoms with Gasteiger partial charge in [-0.3, -0.25) is 14.7 Å². The second-order valence-electron chi connectivity index (χ2n) is 6.42. The van der Waals surface area contributed by atoms with E-state index in [4.69, 9.17) is 4.74 Å². The van der Waals surface area contributed by atoms with Gasteiger partial charge in [-0.2, -0.15) is 5.10 Å². The molecule has 0 aliphatic carbocycles. The van der Waals surface area contributed by atoms with Crippen LogP contribution in [0.1, 0.15) is 23.3 Å². The van der Waals surface area contributed by atoms with E-state index in [9.17, 15) is 9.59 Å². The first-order valence-electron chi connectivity index (χ1n) is 7.61. The molecule has 1 aromatic heterocycles. The smallest absolute Gasteiger partial charge is 0.271 e. The Kier molecular flexibility index (Phi) is 3.90. The molecule has 1 spiro atoms.